The zero-order valence-electron chi connectivity index (χ0n) is 10.7. The van der Waals surface area contributed by atoms with E-state index < -0.39 is 12.1 Å². The summed E-state index contributed by atoms with van der Waals surface area (Å²) >= 11 is 0. The number of carbonyl (C=O) groups is 1. The van der Waals surface area contributed by atoms with Gasteiger partial charge in [0.25, 0.3) is 0 Å². The molecule has 0 aliphatic carbocycles. The van der Waals surface area contributed by atoms with Gasteiger partial charge in [-0.1, -0.05) is 24.3 Å². The van der Waals surface area contributed by atoms with E-state index in [1.165, 1.54) is 14.0 Å². The molecule has 0 amide bonds. The molecule has 0 fully saturated rings. The molecule has 0 spiro atoms. The molecule has 0 bridgehead atoms. The maximum atomic E-state index is 12.0. The third-order valence-corrected chi connectivity index (χ3v) is 2.75. The van der Waals surface area contributed by atoms with Crippen molar-refractivity contribution >= 4 is 16.7 Å². The summed E-state index contributed by atoms with van der Waals surface area (Å²) in [6, 6.07) is 13.0. The Kier molecular flexibility index (Phi) is 3.67. The van der Waals surface area contributed by atoms with E-state index in [2.05, 4.69) is 0 Å². The average molecular weight is 255 g/mol. The Bertz CT molecular complexity index is 658. The molecule has 0 saturated heterocycles. The molecule has 96 valence electrons. The van der Waals surface area contributed by atoms with Gasteiger partial charge in [-0.2, -0.15) is 5.26 Å². The van der Waals surface area contributed by atoms with E-state index in [-0.39, 0.29) is 0 Å². The van der Waals surface area contributed by atoms with E-state index in [9.17, 15) is 4.79 Å². The second-order valence-electron chi connectivity index (χ2n) is 4.08. The monoisotopic (exact) mass is 255 g/mol. The number of fused-ring (bicyclic) bond motifs is 1. The topological polar surface area (TPSA) is 59.3 Å². The third kappa shape index (κ3) is 2.66. The molecule has 0 radical (unpaired) electrons. The van der Waals surface area contributed by atoms with Gasteiger partial charge < -0.3 is 9.47 Å². The fourth-order valence-electron chi connectivity index (χ4n) is 1.80. The quantitative estimate of drug-likeness (QED) is 0.791. The third-order valence-electron chi connectivity index (χ3n) is 2.75. The highest BCUT2D eigenvalue weighted by atomic mass is 16.5. The van der Waals surface area contributed by atoms with Crippen molar-refractivity contribution in [3.05, 3.63) is 42.0 Å². The first-order valence-corrected chi connectivity index (χ1v) is 5.83. The molecule has 0 aromatic heterocycles. The van der Waals surface area contributed by atoms with Crippen LogP contribution in [-0.2, 0) is 4.74 Å². The van der Waals surface area contributed by atoms with Crippen LogP contribution >= 0.6 is 0 Å². The van der Waals surface area contributed by atoms with Gasteiger partial charge in [-0.25, -0.2) is 4.79 Å². The Labute approximate surface area is 111 Å². The highest BCUT2D eigenvalue weighted by molar-refractivity contribution is 5.98. The van der Waals surface area contributed by atoms with E-state index in [1.807, 2.05) is 30.3 Å². The molecule has 4 nitrogen and oxygen atoms in total. The molecular formula is C15H13NO3. The van der Waals surface area contributed by atoms with Crippen molar-refractivity contribution in [1.82, 2.24) is 0 Å². The van der Waals surface area contributed by atoms with Gasteiger partial charge in [0.15, 0.2) is 6.10 Å². The van der Waals surface area contributed by atoms with Crippen LogP contribution in [0, 0.1) is 11.3 Å². The molecule has 0 aliphatic rings. The van der Waals surface area contributed by atoms with E-state index in [4.69, 9.17) is 14.7 Å². The van der Waals surface area contributed by atoms with Gasteiger partial charge in [0, 0.05) is 0 Å². The largest absolute Gasteiger partial charge is 0.496 e. The van der Waals surface area contributed by atoms with Crippen molar-refractivity contribution in [1.29, 1.82) is 5.26 Å². The molecule has 0 saturated carbocycles. The van der Waals surface area contributed by atoms with Crippen molar-refractivity contribution in [2.24, 2.45) is 0 Å². The fourth-order valence-corrected chi connectivity index (χ4v) is 1.80. The second-order valence-corrected chi connectivity index (χ2v) is 4.08. The van der Waals surface area contributed by atoms with Crippen LogP contribution in [0.15, 0.2) is 36.4 Å². The van der Waals surface area contributed by atoms with E-state index in [0.29, 0.717) is 11.3 Å². The average Bonchev–Trinajstić information content (AvgIpc) is 2.45. The highest BCUT2D eigenvalue weighted by Crippen LogP contribution is 2.26. The summed E-state index contributed by atoms with van der Waals surface area (Å²) in [5, 5.41) is 10.6. The number of hydrogen-bond donors (Lipinski definition) is 0. The van der Waals surface area contributed by atoms with Gasteiger partial charge in [0.05, 0.1) is 7.11 Å². The molecule has 2 rings (SSSR count). The standard InChI is InChI=1S/C15H13NO3/c1-10(9-16)19-15(17)13-7-11-5-3-4-6-12(11)8-14(13)18-2/h3-8,10H,1-2H3/t10-/m0/s1. The lowest BCUT2D eigenvalue weighted by Crippen LogP contribution is -2.14. The SMILES string of the molecule is COc1cc2ccccc2cc1C(=O)O[C@@H](C)C#N. The van der Waals surface area contributed by atoms with Gasteiger partial charge in [-0.15, -0.1) is 0 Å². The number of hydrogen-bond acceptors (Lipinski definition) is 4. The maximum Gasteiger partial charge on any atom is 0.343 e. The predicted molar refractivity (Wildman–Crippen MR) is 71.0 cm³/mol. The number of nitrogens with zero attached hydrogens (tertiary/aromatic N) is 1. The van der Waals surface area contributed by atoms with Crippen LogP contribution in [-0.4, -0.2) is 19.2 Å². The smallest absolute Gasteiger partial charge is 0.343 e. The minimum Gasteiger partial charge on any atom is -0.496 e. The Morgan fingerprint density at radius 1 is 1.26 bits per heavy atom. The molecule has 2 aromatic rings. The summed E-state index contributed by atoms with van der Waals surface area (Å²) in [6.07, 6.45) is -0.788. The Balaban J connectivity index is 2.46. The Morgan fingerprint density at radius 3 is 2.47 bits per heavy atom. The Morgan fingerprint density at radius 2 is 1.89 bits per heavy atom. The highest BCUT2D eigenvalue weighted by Gasteiger charge is 2.17. The molecule has 4 heteroatoms. The van der Waals surface area contributed by atoms with Crippen LogP contribution in [0.25, 0.3) is 10.8 Å². The first kappa shape index (κ1) is 12.9. The van der Waals surface area contributed by atoms with Crippen LogP contribution in [0.4, 0.5) is 0 Å². The molecule has 0 unspecified atom stereocenters. The minimum absolute atomic E-state index is 0.322. The van der Waals surface area contributed by atoms with Crippen LogP contribution in [0.3, 0.4) is 0 Å². The van der Waals surface area contributed by atoms with Gasteiger partial charge in [-0.05, 0) is 29.8 Å². The molecular weight excluding hydrogens is 242 g/mol. The fraction of sp³-hybridized carbons (Fsp3) is 0.200. The van der Waals surface area contributed by atoms with Gasteiger partial charge in [-0.3, -0.25) is 0 Å². The van der Waals surface area contributed by atoms with Crippen LogP contribution in [0.1, 0.15) is 17.3 Å². The summed E-state index contributed by atoms with van der Waals surface area (Å²) in [6.45, 7) is 1.52. The Hall–Kier alpha value is -2.54. The van der Waals surface area contributed by atoms with Gasteiger partial charge in [0.1, 0.15) is 17.4 Å². The zero-order chi connectivity index (χ0) is 13.8. The molecule has 1 atom stereocenters. The van der Waals surface area contributed by atoms with Gasteiger partial charge >= 0.3 is 5.97 Å². The molecule has 19 heavy (non-hydrogen) atoms. The summed E-state index contributed by atoms with van der Waals surface area (Å²) < 4.78 is 10.2. The second kappa shape index (κ2) is 5.40. The number of esters is 1. The predicted octanol–water partition coefficient (Wildman–Crippen LogP) is 2.92. The molecule has 0 N–H and O–H groups in total. The number of carbonyl (C=O) groups excluding carboxylic acids is 1. The molecule has 0 heterocycles. The van der Waals surface area contributed by atoms with Crippen molar-refractivity contribution in [2.75, 3.05) is 7.11 Å². The lowest BCUT2D eigenvalue weighted by molar-refractivity contribution is 0.0432. The van der Waals surface area contributed by atoms with E-state index >= 15 is 0 Å². The van der Waals surface area contributed by atoms with Crippen molar-refractivity contribution in [2.45, 2.75) is 13.0 Å². The maximum absolute atomic E-state index is 12.0. The summed E-state index contributed by atoms with van der Waals surface area (Å²) in [5.74, 6) is -0.120. The lowest BCUT2D eigenvalue weighted by atomic mass is 10.1. The van der Waals surface area contributed by atoms with Crippen molar-refractivity contribution in [3.8, 4) is 11.8 Å². The normalized spacial score (nSPS) is 11.6. The van der Waals surface area contributed by atoms with E-state index in [1.54, 1.807) is 12.1 Å². The first-order valence-electron chi connectivity index (χ1n) is 5.83. The van der Waals surface area contributed by atoms with Crippen LogP contribution < -0.4 is 4.74 Å². The summed E-state index contributed by atoms with van der Waals surface area (Å²) in [5.41, 5.74) is 0.322. The first-order chi connectivity index (χ1) is 9.15. The van der Waals surface area contributed by atoms with Crippen molar-refractivity contribution < 1.29 is 14.3 Å². The van der Waals surface area contributed by atoms with Crippen molar-refractivity contribution in [3.63, 3.8) is 0 Å². The summed E-state index contributed by atoms with van der Waals surface area (Å²) in [7, 11) is 1.49. The number of rotatable bonds is 3. The van der Waals surface area contributed by atoms with E-state index in [0.717, 1.165) is 10.8 Å². The van der Waals surface area contributed by atoms with Gasteiger partial charge in [0.2, 0.25) is 0 Å². The zero-order valence-corrected chi connectivity index (χ0v) is 10.7. The van der Waals surface area contributed by atoms with Crippen LogP contribution in [0.5, 0.6) is 5.75 Å². The molecule has 0 aliphatic heterocycles. The molecule has 2 aromatic carbocycles. The number of benzene rings is 2. The number of methoxy groups -OCH3 is 1. The lowest BCUT2D eigenvalue weighted by Gasteiger charge is -2.11. The number of ether oxygens (including phenoxy) is 2. The van der Waals surface area contributed by atoms with Crippen LogP contribution in [0.2, 0.25) is 0 Å². The summed E-state index contributed by atoms with van der Waals surface area (Å²) in [4.78, 5) is 12.0. The number of nitriles is 1. The minimum atomic E-state index is -0.788.